The Balaban J connectivity index is 0.000000272. The molecular weight excluding hydrogens is 366 g/mol. The predicted octanol–water partition coefficient (Wildman–Crippen LogP) is 6.17. The van der Waals surface area contributed by atoms with Gasteiger partial charge in [0.15, 0.2) is 0 Å². The summed E-state index contributed by atoms with van der Waals surface area (Å²) < 4.78 is 1.24. The first-order chi connectivity index (χ1) is 9.25. The molecule has 0 bridgehead atoms. The van der Waals surface area contributed by atoms with Gasteiger partial charge in [-0.2, -0.15) is 46.5 Å². The van der Waals surface area contributed by atoms with E-state index >= 15 is 0 Å². The number of hydrogen-bond donors (Lipinski definition) is 0. The van der Waals surface area contributed by atoms with Crippen LogP contribution in [0.15, 0.2) is 36.4 Å². The quantitative estimate of drug-likeness (QED) is 0.472. The van der Waals surface area contributed by atoms with Gasteiger partial charge in [0.25, 0.3) is 0 Å². The summed E-state index contributed by atoms with van der Waals surface area (Å²) in [6.45, 7) is 12.4. The third kappa shape index (κ3) is 9.06. The first kappa shape index (κ1) is 20.0. The summed E-state index contributed by atoms with van der Waals surface area (Å²) in [6, 6.07) is 12.6. The molecule has 0 atom stereocenters. The molecule has 0 aliphatic rings. The third-order valence-corrected chi connectivity index (χ3v) is 9.34. The summed E-state index contributed by atoms with van der Waals surface area (Å²) in [5, 5.41) is 0. The van der Waals surface area contributed by atoms with Crippen molar-refractivity contribution in [2.24, 2.45) is 0 Å². The van der Waals surface area contributed by atoms with Gasteiger partial charge in [-0.05, 0) is 0 Å². The van der Waals surface area contributed by atoms with E-state index in [1.165, 1.54) is 25.5 Å². The predicted molar refractivity (Wildman–Crippen MR) is 91.1 cm³/mol. The maximum atomic E-state index is 5.54. The number of hydrogen-bond acceptors (Lipinski definition) is 0. The number of aryl methyl sites for hydroxylation is 4. The molecule has 0 N–H and O–H groups in total. The van der Waals surface area contributed by atoms with Crippen LogP contribution < -0.4 is 0 Å². The Morgan fingerprint density at radius 3 is 1.20 bits per heavy atom. The van der Waals surface area contributed by atoms with Crippen molar-refractivity contribution in [3.05, 3.63) is 58.7 Å². The van der Waals surface area contributed by atoms with Crippen LogP contribution in [0.5, 0.6) is 0 Å². The summed E-state index contributed by atoms with van der Waals surface area (Å²) in [5.74, 6) is 0. The van der Waals surface area contributed by atoms with E-state index < -0.39 is 18.9 Å². The molecule has 0 nitrogen and oxygen atoms in total. The van der Waals surface area contributed by atoms with Crippen LogP contribution in [0.4, 0.5) is 0 Å². The fraction of sp³-hybridized carbons (Fsp3) is 0.353. The molecule has 0 fully saturated rings. The smallest absolute Gasteiger partial charge is 0.0632 e. The van der Waals surface area contributed by atoms with Gasteiger partial charge in [0.2, 0.25) is 0 Å². The normalized spacial score (nSPS) is 9.00. The van der Waals surface area contributed by atoms with E-state index in [1.54, 1.807) is 0 Å². The van der Waals surface area contributed by atoms with E-state index in [0.717, 1.165) is 0 Å². The van der Waals surface area contributed by atoms with Crippen molar-refractivity contribution in [2.75, 3.05) is 0 Å². The Hall–Kier alpha value is 0.0331. The van der Waals surface area contributed by atoms with Crippen LogP contribution in [0, 0.1) is 27.7 Å². The Bertz CT molecular complexity index is 443. The molecule has 0 radical (unpaired) electrons. The van der Waals surface area contributed by atoms with Gasteiger partial charge in [-0.25, -0.2) is 12.1 Å². The molecule has 0 saturated heterocycles. The van der Waals surface area contributed by atoms with Gasteiger partial charge in [-0.3, -0.25) is 0 Å². The minimum Gasteiger partial charge on any atom is -0.211 e. The molecule has 0 saturated carbocycles. The monoisotopic (exact) mass is 388 g/mol. The summed E-state index contributed by atoms with van der Waals surface area (Å²) in [7, 11) is 11.1. The van der Waals surface area contributed by atoms with E-state index in [9.17, 15) is 0 Å². The summed E-state index contributed by atoms with van der Waals surface area (Å²) >= 11 is -1.84. The summed E-state index contributed by atoms with van der Waals surface area (Å²) in [5.41, 5.74) is 5.56. The molecule has 0 aromatic heterocycles. The van der Waals surface area contributed by atoms with Crippen molar-refractivity contribution in [1.82, 2.24) is 0 Å². The minimum atomic E-state index is -1.84. The largest absolute Gasteiger partial charge is 0.211 e. The van der Waals surface area contributed by atoms with Gasteiger partial charge in [-0.1, -0.05) is 27.7 Å². The Morgan fingerprint density at radius 1 is 0.850 bits per heavy atom. The van der Waals surface area contributed by atoms with Crippen LogP contribution in [0.1, 0.15) is 36.1 Å². The number of halogens is 2. The second-order valence-corrected chi connectivity index (χ2v) is 14.4. The fourth-order valence-electron chi connectivity index (χ4n) is 1.20. The molecule has 0 aliphatic carbocycles. The molecule has 0 unspecified atom stereocenters. The van der Waals surface area contributed by atoms with Crippen LogP contribution in [-0.4, -0.2) is 3.21 Å². The maximum Gasteiger partial charge on any atom is -0.0632 e. The molecule has 2 aromatic rings. The van der Waals surface area contributed by atoms with E-state index in [0.29, 0.717) is 0 Å². The molecule has 2 aromatic carbocycles. The average molecular weight is 391 g/mol. The fourth-order valence-corrected chi connectivity index (χ4v) is 1.20. The summed E-state index contributed by atoms with van der Waals surface area (Å²) in [4.78, 5) is 0. The zero-order valence-corrected chi connectivity index (χ0v) is 17.2. The Morgan fingerprint density at radius 2 is 1.15 bits per heavy atom. The van der Waals surface area contributed by atoms with Crippen LogP contribution in [-0.2, 0) is 18.9 Å². The van der Waals surface area contributed by atoms with E-state index in [4.69, 9.17) is 17.0 Å². The Labute approximate surface area is 138 Å². The molecule has 0 spiro atoms. The zero-order valence-electron chi connectivity index (χ0n) is 13.2. The van der Waals surface area contributed by atoms with Gasteiger partial charge < -0.3 is 0 Å². The molecular formula is C17H24Cl2Zr-2. The molecule has 3 heteroatoms. The van der Waals surface area contributed by atoms with Gasteiger partial charge in [0.1, 0.15) is 0 Å². The first-order valence-corrected chi connectivity index (χ1v) is 14.2. The third-order valence-electron chi connectivity index (χ3n) is 3.01. The molecule has 0 heterocycles. The van der Waals surface area contributed by atoms with Gasteiger partial charge in [-0.15, -0.1) is 0 Å². The molecule has 112 valence electrons. The second kappa shape index (κ2) is 10.7. The SMILES string of the molecule is C[C](C)=[Zr]([Cl])[Cl].Cc1cc[cH-]c1C.Cc1cc[cH-]c1C. The van der Waals surface area contributed by atoms with Crippen LogP contribution in [0.25, 0.3) is 0 Å². The van der Waals surface area contributed by atoms with Crippen molar-refractivity contribution in [3.8, 4) is 0 Å². The van der Waals surface area contributed by atoms with Crippen LogP contribution in [0.3, 0.4) is 0 Å². The van der Waals surface area contributed by atoms with Gasteiger partial charge >= 0.3 is 53.0 Å². The molecule has 2 rings (SSSR count). The number of rotatable bonds is 0. The summed E-state index contributed by atoms with van der Waals surface area (Å²) in [6.07, 6.45) is 0. The first-order valence-electron chi connectivity index (χ1n) is 6.62. The van der Waals surface area contributed by atoms with E-state index in [2.05, 4.69) is 64.1 Å². The minimum absolute atomic E-state index is 1.24. The standard InChI is InChI=1S/2C7H9.C3H6.2ClH.Zr/c2*1-6-4-3-5-7(6)2;1-3-2;;;/h2*3-5H,1-2H3;1-2H3;2*1H;/q2*-1;;;;+2/p-2. The second-order valence-electron chi connectivity index (χ2n) is 5.04. The Kier molecular flexibility index (Phi) is 10.7. The van der Waals surface area contributed by atoms with Crippen molar-refractivity contribution in [1.29, 1.82) is 0 Å². The van der Waals surface area contributed by atoms with Crippen LogP contribution in [0.2, 0.25) is 0 Å². The van der Waals surface area contributed by atoms with Crippen molar-refractivity contribution in [3.63, 3.8) is 0 Å². The van der Waals surface area contributed by atoms with Crippen molar-refractivity contribution < 1.29 is 18.9 Å². The molecule has 20 heavy (non-hydrogen) atoms. The topological polar surface area (TPSA) is 0 Å². The van der Waals surface area contributed by atoms with Crippen molar-refractivity contribution >= 4 is 20.2 Å². The van der Waals surface area contributed by atoms with Crippen molar-refractivity contribution in [2.45, 2.75) is 41.5 Å². The van der Waals surface area contributed by atoms with Gasteiger partial charge in [0.05, 0.1) is 0 Å². The molecule has 0 aliphatic heterocycles. The van der Waals surface area contributed by atoms with E-state index in [1.807, 2.05) is 13.8 Å². The molecule has 0 amide bonds. The zero-order chi connectivity index (χ0) is 15.7. The van der Waals surface area contributed by atoms with Gasteiger partial charge in [0, 0.05) is 0 Å². The van der Waals surface area contributed by atoms with E-state index in [-0.39, 0.29) is 0 Å². The van der Waals surface area contributed by atoms with Crippen LogP contribution >= 0.6 is 17.0 Å². The maximum absolute atomic E-state index is 5.54. The average Bonchev–Trinajstić information content (AvgIpc) is 2.91.